The first-order valence-corrected chi connectivity index (χ1v) is 6.73. The van der Waals surface area contributed by atoms with E-state index in [2.05, 4.69) is 15.3 Å². The summed E-state index contributed by atoms with van der Waals surface area (Å²) >= 11 is 0. The number of hydrogen-bond acceptors (Lipinski definition) is 6. The van der Waals surface area contributed by atoms with Crippen LogP contribution in [0.15, 0.2) is 42.7 Å². The highest BCUT2D eigenvalue weighted by atomic mass is 16.7. The van der Waals surface area contributed by atoms with Gasteiger partial charge in [-0.1, -0.05) is 5.21 Å². The van der Waals surface area contributed by atoms with E-state index in [1.165, 1.54) is 4.68 Å². The highest BCUT2D eigenvalue weighted by Crippen LogP contribution is 2.35. The number of carbonyl (C=O) groups is 1. The van der Waals surface area contributed by atoms with Crippen LogP contribution < -0.4 is 9.47 Å². The van der Waals surface area contributed by atoms with Crippen molar-refractivity contribution in [1.82, 2.24) is 20.0 Å². The monoisotopic (exact) mass is 310 g/mol. The van der Waals surface area contributed by atoms with Crippen LogP contribution in [0.25, 0.3) is 16.9 Å². The van der Waals surface area contributed by atoms with E-state index in [-0.39, 0.29) is 12.5 Å². The lowest BCUT2D eigenvalue weighted by atomic mass is 10.1. The van der Waals surface area contributed by atoms with Gasteiger partial charge in [0.25, 0.3) is 0 Å². The zero-order valence-corrected chi connectivity index (χ0v) is 11.7. The van der Waals surface area contributed by atoms with Crippen LogP contribution in [0.1, 0.15) is 10.5 Å². The fraction of sp³-hybridized carbons (Fsp3) is 0.0667. The second-order valence-corrected chi connectivity index (χ2v) is 4.78. The maximum Gasteiger partial charge on any atom is 0.358 e. The Balaban J connectivity index is 1.91. The first kappa shape index (κ1) is 13.3. The lowest BCUT2D eigenvalue weighted by molar-refractivity contribution is 0.0691. The fourth-order valence-corrected chi connectivity index (χ4v) is 2.39. The second-order valence-electron chi connectivity index (χ2n) is 4.78. The summed E-state index contributed by atoms with van der Waals surface area (Å²) < 4.78 is 12.1. The third-order valence-corrected chi connectivity index (χ3v) is 3.41. The second kappa shape index (κ2) is 5.09. The summed E-state index contributed by atoms with van der Waals surface area (Å²) in [6.45, 7) is 0.159. The number of aromatic carboxylic acids is 1. The van der Waals surface area contributed by atoms with Crippen molar-refractivity contribution in [2.45, 2.75) is 0 Å². The average Bonchev–Trinajstić information content (AvgIpc) is 3.21. The number of nitrogens with zero attached hydrogens (tertiary/aromatic N) is 4. The maximum atomic E-state index is 11.4. The first-order valence-electron chi connectivity index (χ1n) is 6.73. The summed E-state index contributed by atoms with van der Waals surface area (Å²) in [6.07, 6.45) is 3.17. The normalized spacial score (nSPS) is 12.3. The van der Waals surface area contributed by atoms with Crippen molar-refractivity contribution in [2.24, 2.45) is 0 Å². The van der Waals surface area contributed by atoms with E-state index >= 15 is 0 Å². The standard InChI is InChI=1S/C15H10N4O4/c20-15(21)13-14(9-2-1-5-16-7-9)19(18-17-13)10-3-4-11-12(6-10)23-8-22-11/h1-7H,8H2,(H,20,21). The zero-order valence-electron chi connectivity index (χ0n) is 11.7. The number of aromatic nitrogens is 4. The molecule has 4 rings (SSSR count). The van der Waals surface area contributed by atoms with Crippen molar-refractivity contribution in [3.05, 3.63) is 48.4 Å². The van der Waals surface area contributed by atoms with E-state index in [0.717, 1.165) is 0 Å². The molecular weight excluding hydrogens is 300 g/mol. The van der Waals surface area contributed by atoms with Crippen LogP contribution in [-0.4, -0.2) is 37.8 Å². The third kappa shape index (κ3) is 2.16. The molecule has 1 N–H and O–H groups in total. The van der Waals surface area contributed by atoms with Crippen molar-refractivity contribution in [3.63, 3.8) is 0 Å². The van der Waals surface area contributed by atoms with Gasteiger partial charge in [0.15, 0.2) is 17.2 Å². The lowest BCUT2D eigenvalue weighted by Gasteiger charge is -2.07. The lowest BCUT2D eigenvalue weighted by Crippen LogP contribution is -2.03. The summed E-state index contributed by atoms with van der Waals surface area (Å²) in [5, 5.41) is 17.1. The number of carboxylic acids is 1. The summed E-state index contributed by atoms with van der Waals surface area (Å²) in [4.78, 5) is 15.5. The summed E-state index contributed by atoms with van der Waals surface area (Å²) in [7, 11) is 0. The largest absolute Gasteiger partial charge is 0.476 e. The Kier molecular flexibility index (Phi) is 2.94. The Bertz CT molecular complexity index is 892. The first-order chi connectivity index (χ1) is 11.2. The molecule has 3 heterocycles. The number of pyridine rings is 1. The maximum absolute atomic E-state index is 11.4. The SMILES string of the molecule is O=C(O)c1nnn(-c2ccc3c(c2)OCO3)c1-c1cccnc1. The molecular formula is C15H10N4O4. The summed E-state index contributed by atoms with van der Waals surface area (Å²) in [6, 6.07) is 8.70. The van der Waals surface area contributed by atoms with Gasteiger partial charge >= 0.3 is 5.97 Å². The third-order valence-electron chi connectivity index (χ3n) is 3.41. The molecule has 0 saturated heterocycles. The predicted molar refractivity (Wildman–Crippen MR) is 77.7 cm³/mol. The van der Waals surface area contributed by atoms with Gasteiger partial charge < -0.3 is 14.6 Å². The molecule has 8 heteroatoms. The Hall–Kier alpha value is -3.42. The van der Waals surface area contributed by atoms with Gasteiger partial charge in [-0.2, -0.15) is 0 Å². The van der Waals surface area contributed by atoms with Gasteiger partial charge in [-0.3, -0.25) is 4.98 Å². The van der Waals surface area contributed by atoms with E-state index in [1.54, 1.807) is 42.7 Å². The van der Waals surface area contributed by atoms with Crippen LogP contribution in [-0.2, 0) is 0 Å². The van der Waals surface area contributed by atoms with Crippen LogP contribution in [0.4, 0.5) is 0 Å². The molecule has 0 fully saturated rings. The molecule has 114 valence electrons. The number of carboxylic acid groups (broad SMARTS) is 1. The average molecular weight is 310 g/mol. The number of rotatable bonds is 3. The van der Waals surface area contributed by atoms with Gasteiger partial charge in [0.1, 0.15) is 5.69 Å². The minimum atomic E-state index is -1.16. The molecule has 0 aliphatic carbocycles. The molecule has 0 bridgehead atoms. The van der Waals surface area contributed by atoms with Crippen molar-refractivity contribution >= 4 is 5.97 Å². The van der Waals surface area contributed by atoms with Crippen molar-refractivity contribution in [2.75, 3.05) is 6.79 Å². The molecule has 1 aromatic carbocycles. The molecule has 2 aromatic heterocycles. The van der Waals surface area contributed by atoms with Crippen LogP contribution >= 0.6 is 0 Å². The van der Waals surface area contributed by atoms with E-state index in [1.807, 2.05) is 0 Å². The minimum Gasteiger partial charge on any atom is -0.476 e. The highest BCUT2D eigenvalue weighted by molar-refractivity contribution is 5.93. The molecule has 23 heavy (non-hydrogen) atoms. The van der Waals surface area contributed by atoms with Crippen molar-refractivity contribution < 1.29 is 19.4 Å². The van der Waals surface area contributed by atoms with Crippen LogP contribution in [0, 0.1) is 0 Å². The van der Waals surface area contributed by atoms with E-state index in [0.29, 0.717) is 28.4 Å². The fourth-order valence-electron chi connectivity index (χ4n) is 2.39. The molecule has 0 saturated carbocycles. The van der Waals surface area contributed by atoms with Crippen molar-refractivity contribution in [1.29, 1.82) is 0 Å². The minimum absolute atomic E-state index is 0.143. The zero-order chi connectivity index (χ0) is 15.8. The van der Waals surface area contributed by atoms with Crippen molar-refractivity contribution in [3.8, 4) is 28.4 Å². The van der Waals surface area contributed by atoms with Gasteiger partial charge in [0.05, 0.1) is 5.69 Å². The van der Waals surface area contributed by atoms with Crippen LogP contribution in [0.3, 0.4) is 0 Å². The smallest absolute Gasteiger partial charge is 0.358 e. The number of hydrogen-bond donors (Lipinski definition) is 1. The molecule has 1 aliphatic heterocycles. The topological polar surface area (TPSA) is 99.4 Å². The van der Waals surface area contributed by atoms with Gasteiger partial charge in [0.2, 0.25) is 6.79 Å². The quantitative estimate of drug-likeness (QED) is 0.786. The Labute approximate surface area is 129 Å². The molecule has 3 aromatic rings. The Morgan fingerprint density at radius 1 is 1.22 bits per heavy atom. The Morgan fingerprint density at radius 3 is 2.87 bits per heavy atom. The Morgan fingerprint density at radius 2 is 2.09 bits per heavy atom. The highest BCUT2D eigenvalue weighted by Gasteiger charge is 2.23. The van der Waals surface area contributed by atoms with Gasteiger partial charge in [0, 0.05) is 24.0 Å². The molecule has 0 atom stereocenters. The molecule has 0 amide bonds. The van der Waals surface area contributed by atoms with Crippen LogP contribution in [0.2, 0.25) is 0 Å². The molecule has 0 unspecified atom stereocenters. The number of benzene rings is 1. The molecule has 1 aliphatic rings. The number of fused-ring (bicyclic) bond motifs is 1. The van der Waals surface area contributed by atoms with E-state index in [4.69, 9.17) is 9.47 Å². The molecule has 0 spiro atoms. The van der Waals surface area contributed by atoms with E-state index in [9.17, 15) is 9.90 Å². The van der Waals surface area contributed by atoms with Gasteiger partial charge in [-0.15, -0.1) is 5.10 Å². The van der Waals surface area contributed by atoms with Gasteiger partial charge in [-0.25, -0.2) is 9.48 Å². The summed E-state index contributed by atoms with van der Waals surface area (Å²) in [5.74, 6) is 0.0538. The van der Waals surface area contributed by atoms with Crippen LogP contribution in [0.5, 0.6) is 11.5 Å². The summed E-state index contributed by atoms with van der Waals surface area (Å²) in [5.41, 5.74) is 1.43. The van der Waals surface area contributed by atoms with E-state index < -0.39 is 5.97 Å². The number of ether oxygens (including phenoxy) is 2. The predicted octanol–water partition coefficient (Wildman–Crippen LogP) is 1.76. The molecule has 0 radical (unpaired) electrons. The molecule has 8 nitrogen and oxygen atoms in total. The van der Waals surface area contributed by atoms with Gasteiger partial charge in [-0.05, 0) is 24.3 Å².